The molecule has 0 bridgehead atoms. The zero-order valence-corrected chi connectivity index (χ0v) is 20.4. The van der Waals surface area contributed by atoms with E-state index in [1.54, 1.807) is 49.4 Å². The van der Waals surface area contributed by atoms with E-state index in [1.807, 2.05) is 13.0 Å². The number of carboxylic acids is 1. The summed E-state index contributed by atoms with van der Waals surface area (Å²) in [5.74, 6) is -1.75. The number of rotatable bonds is 7. The Morgan fingerprint density at radius 3 is 2.41 bits per heavy atom. The minimum atomic E-state index is -1.01. The van der Waals surface area contributed by atoms with E-state index in [4.69, 9.17) is 14.6 Å². The number of carboxylic acid groups (broad SMARTS) is 1. The highest BCUT2D eigenvalue weighted by Gasteiger charge is 2.37. The first-order valence-electron chi connectivity index (χ1n) is 11.3. The minimum absolute atomic E-state index is 0.171. The number of aromatic carboxylic acids is 1. The number of amides is 4. The van der Waals surface area contributed by atoms with E-state index in [1.165, 1.54) is 25.3 Å². The normalized spacial score (nSPS) is 14.5. The van der Waals surface area contributed by atoms with Gasteiger partial charge in [-0.1, -0.05) is 30.3 Å². The summed E-state index contributed by atoms with van der Waals surface area (Å²) in [6.07, 6.45) is 1.39. The maximum Gasteiger partial charge on any atom is 0.335 e. The molecule has 188 valence electrons. The SMILES string of the molecule is COc1cc(/C=C2/C(=O)NC(=O)N(c3cccc(C)c3C)C2=O)ccc1OCc1ccc(C(=O)O)cc1. The van der Waals surface area contributed by atoms with Gasteiger partial charge in [0, 0.05) is 0 Å². The molecule has 0 atom stereocenters. The number of barbiturate groups is 1. The number of ether oxygens (including phenoxy) is 2. The van der Waals surface area contributed by atoms with Gasteiger partial charge in [0.15, 0.2) is 11.5 Å². The van der Waals surface area contributed by atoms with Crippen LogP contribution in [0.4, 0.5) is 10.5 Å². The van der Waals surface area contributed by atoms with Crippen molar-refractivity contribution in [3.05, 3.63) is 94.1 Å². The Morgan fingerprint density at radius 1 is 1.00 bits per heavy atom. The maximum absolute atomic E-state index is 13.2. The van der Waals surface area contributed by atoms with Crippen molar-refractivity contribution in [3.63, 3.8) is 0 Å². The van der Waals surface area contributed by atoms with Gasteiger partial charge in [-0.25, -0.2) is 14.5 Å². The number of carbonyl (C=O) groups is 4. The summed E-state index contributed by atoms with van der Waals surface area (Å²) in [7, 11) is 1.46. The molecule has 1 saturated heterocycles. The summed E-state index contributed by atoms with van der Waals surface area (Å²) in [4.78, 5) is 50.3. The third-order valence-corrected chi connectivity index (χ3v) is 6.01. The minimum Gasteiger partial charge on any atom is -0.493 e. The zero-order chi connectivity index (χ0) is 26.7. The monoisotopic (exact) mass is 500 g/mol. The molecule has 0 radical (unpaired) electrons. The average Bonchev–Trinajstić information content (AvgIpc) is 2.88. The number of nitrogens with zero attached hydrogens (tertiary/aromatic N) is 1. The van der Waals surface area contributed by atoms with Gasteiger partial charge < -0.3 is 14.6 Å². The quantitative estimate of drug-likeness (QED) is 0.367. The van der Waals surface area contributed by atoms with Crippen molar-refractivity contribution in [2.45, 2.75) is 20.5 Å². The molecule has 1 aliphatic heterocycles. The Balaban J connectivity index is 1.58. The number of methoxy groups -OCH3 is 1. The van der Waals surface area contributed by atoms with Gasteiger partial charge >= 0.3 is 12.0 Å². The molecular formula is C28H24N2O7. The van der Waals surface area contributed by atoms with E-state index in [-0.39, 0.29) is 17.7 Å². The predicted molar refractivity (Wildman–Crippen MR) is 136 cm³/mol. The van der Waals surface area contributed by atoms with E-state index in [2.05, 4.69) is 5.32 Å². The number of anilines is 1. The number of benzene rings is 3. The van der Waals surface area contributed by atoms with Gasteiger partial charge in [0.05, 0.1) is 18.4 Å². The predicted octanol–water partition coefficient (Wildman–Crippen LogP) is 4.26. The van der Waals surface area contributed by atoms with Crippen LogP contribution in [0.5, 0.6) is 11.5 Å². The lowest BCUT2D eigenvalue weighted by atomic mass is 10.0. The lowest BCUT2D eigenvalue weighted by Crippen LogP contribution is -2.54. The van der Waals surface area contributed by atoms with Crippen LogP contribution in [0.1, 0.15) is 32.6 Å². The topological polar surface area (TPSA) is 122 Å². The fourth-order valence-corrected chi connectivity index (χ4v) is 3.82. The highest BCUT2D eigenvalue weighted by atomic mass is 16.5. The molecule has 1 heterocycles. The summed E-state index contributed by atoms with van der Waals surface area (Å²) in [6, 6.07) is 15.6. The summed E-state index contributed by atoms with van der Waals surface area (Å²) < 4.78 is 11.2. The number of hydrogen-bond acceptors (Lipinski definition) is 6. The molecule has 4 amide bonds. The van der Waals surface area contributed by atoms with E-state index < -0.39 is 23.8 Å². The van der Waals surface area contributed by atoms with E-state index in [9.17, 15) is 19.2 Å². The summed E-state index contributed by atoms with van der Waals surface area (Å²) >= 11 is 0. The molecule has 4 rings (SSSR count). The molecular weight excluding hydrogens is 476 g/mol. The van der Waals surface area contributed by atoms with E-state index in [0.717, 1.165) is 21.6 Å². The van der Waals surface area contributed by atoms with Gasteiger partial charge in [0.2, 0.25) is 0 Å². The molecule has 0 aromatic heterocycles. The first kappa shape index (κ1) is 25.2. The molecule has 1 aliphatic rings. The number of urea groups is 1. The number of hydrogen-bond donors (Lipinski definition) is 2. The van der Waals surface area contributed by atoms with Gasteiger partial charge in [-0.15, -0.1) is 0 Å². The summed E-state index contributed by atoms with van der Waals surface area (Å²) in [6.45, 7) is 3.84. The molecule has 2 N–H and O–H groups in total. The number of nitrogens with one attached hydrogen (secondary N) is 1. The van der Waals surface area contributed by atoms with Crippen molar-refractivity contribution < 1.29 is 33.8 Å². The van der Waals surface area contributed by atoms with Crippen molar-refractivity contribution in [1.82, 2.24) is 5.32 Å². The second-order valence-corrected chi connectivity index (χ2v) is 8.38. The van der Waals surface area contributed by atoms with Crippen molar-refractivity contribution in [3.8, 4) is 11.5 Å². The fraction of sp³-hybridized carbons (Fsp3) is 0.143. The summed E-state index contributed by atoms with van der Waals surface area (Å²) in [5.41, 5.74) is 3.29. The van der Waals surface area contributed by atoms with Gasteiger partial charge in [0.1, 0.15) is 12.2 Å². The number of carbonyl (C=O) groups excluding carboxylic acids is 3. The smallest absolute Gasteiger partial charge is 0.335 e. The highest BCUT2D eigenvalue weighted by molar-refractivity contribution is 6.39. The van der Waals surface area contributed by atoms with Crippen LogP contribution < -0.4 is 19.7 Å². The second kappa shape index (κ2) is 10.4. The Labute approximate surface area is 212 Å². The first-order valence-corrected chi connectivity index (χ1v) is 11.3. The average molecular weight is 501 g/mol. The standard InChI is InChI=1S/C28H24N2O7/c1-16-5-4-6-22(17(16)2)30-26(32)21(25(31)29-28(30)35)13-19-9-12-23(24(14-19)36-3)37-15-18-7-10-20(11-8-18)27(33)34/h4-14H,15H2,1-3H3,(H,33,34)(H,29,31,35)/b21-13-. The second-order valence-electron chi connectivity index (χ2n) is 8.38. The molecule has 0 saturated carbocycles. The van der Waals surface area contributed by atoms with Crippen LogP contribution in [-0.2, 0) is 16.2 Å². The molecule has 1 fully saturated rings. The van der Waals surface area contributed by atoms with Gasteiger partial charge in [-0.05, 0) is 72.5 Å². The summed E-state index contributed by atoms with van der Waals surface area (Å²) in [5, 5.41) is 11.2. The largest absolute Gasteiger partial charge is 0.493 e. The van der Waals surface area contributed by atoms with Crippen LogP contribution in [0.15, 0.2) is 66.2 Å². The fourth-order valence-electron chi connectivity index (χ4n) is 3.82. The zero-order valence-electron chi connectivity index (χ0n) is 20.4. The van der Waals surface area contributed by atoms with Crippen molar-refractivity contribution in [2.75, 3.05) is 12.0 Å². The number of aryl methyl sites for hydroxylation is 1. The van der Waals surface area contributed by atoms with E-state index >= 15 is 0 Å². The third-order valence-electron chi connectivity index (χ3n) is 6.01. The Hall–Kier alpha value is -4.92. The number of imide groups is 2. The van der Waals surface area contributed by atoms with Crippen LogP contribution in [0, 0.1) is 13.8 Å². The van der Waals surface area contributed by atoms with Crippen LogP contribution >= 0.6 is 0 Å². The molecule has 0 unspecified atom stereocenters. The van der Waals surface area contributed by atoms with Gasteiger partial charge in [0.25, 0.3) is 11.8 Å². The molecule has 9 nitrogen and oxygen atoms in total. The van der Waals surface area contributed by atoms with Crippen LogP contribution in [0.3, 0.4) is 0 Å². The third kappa shape index (κ3) is 5.20. The van der Waals surface area contributed by atoms with Crippen molar-refractivity contribution >= 4 is 35.6 Å². The Morgan fingerprint density at radius 2 is 1.73 bits per heavy atom. The Bertz CT molecular complexity index is 1440. The molecule has 0 spiro atoms. The van der Waals surface area contributed by atoms with Crippen LogP contribution in [0.25, 0.3) is 6.08 Å². The van der Waals surface area contributed by atoms with Crippen molar-refractivity contribution in [2.24, 2.45) is 0 Å². The van der Waals surface area contributed by atoms with Crippen LogP contribution in [-0.4, -0.2) is 36.0 Å². The van der Waals surface area contributed by atoms with Crippen molar-refractivity contribution in [1.29, 1.82) is 0 Å². The molecule has 9 heteroatoms. The van der Waals surface area contributed by atoms with Gasteiger partial charge in [-0.2, -0.15) is 0 Å². The lowest BCUT2D eigenvalue weighted by molar-refractivity contribution is -0.122. The Kier molecular flexibility index (Phi) is 7.06. The lowest BCUT2D eigenvalue weighted by Gasteiger charge is -2.28. The molecule has 0 aliphatic carbocycles. The first-order chi connectivity index (χ1) is 17.7. The maximum atomic E-state index is 13.2. The van der Waals surface area contributed by atoms with E-state index in [0.29, 0.717) is 22.7 Å². The molecule has 3 aromatic rings. The highest BCUT2D eigenvalue weighted by Crippen LogP contribution is 2.31. The van der Waals surface area contributed by atoms with Crippen LogP contribution in [0.2, 0.25) is 0 Å². The molecule has 3 aromatic carbocycles. The molecule has 37 heavy (non-hydrogen) atoms. The van der Waals surface area contributed by atoms with Gasteiger partial charge in [-0.3, -0.25) is 14.9 Å².